The maximum Gasteiger partial charge on any atom is 0.290 e. The van der Waals surface area contributed by atoms with Gasteiger partial charge in [-0.25, -0.2) is 4.39 Å². The summed E-state index contributed by atoms with van der Waals surface area (Å²) in [5.41, 5.74) is 3.32. The smallest absolute Gasteiger partial charge is 0.290 e. The van der Waals surface area contributed by atoms with E-state index in [1.165, 1.54) is 17.5 Å². The molecule has 0 aromatic heterocycles. The largest absolute Gasteiger partial charge is 0.483 e. The maximum absolute atomic E-state index is 14.2. The molecule has 32 heavy (non-hydrogen) atoms. The number of hydrogen-bond acceptors (Lipinski definition) is 3. The standard InChI is InChI=1S/C25H29FN2O.CH2O2/c1-17-7-2-4-11-21(17)24-22-16-27(13-19-8-3-5-12-23(19)26)14-20(22)15-28(24)25(29)18-9-6-10-18;2-1-3/h2-5,7-8,11-12,18,20,22,24H,6,9-10,13-16H2,1H3;1H,(H,2,3)/t20-,22-,24+;/m0./s1. The Kier molecular flexibility index (Phi) is 6.89. The summed E-state index contributed by atoms with van der Waals surface area (Å²) in [4.78, 5) is 26.2. The highest BCUT2D eigenvalue weighted by Crippen LogP contribution is 2.47. The van der Waals surface area contributed by atoms with E-state index >= 15 is 0 Å². The lowest BCUT2D eigenvalue weighted by Gasteiger charge is -2.35. The van der Waals surface area contributed by atoms with Gasteiger partial charge in [0.1, 0.15) is 5.82 Å². The first-order valence-corrected chi connectivity index (χ1v) is 11.4. The summed E-state index contributed by atoms with van der Waals surface area (Å²) in [6, 6.07) is 15.7. The Morgan fingerprint density at radius 2 is 1.78 bits per heavy atom. The van der Waals surface area contributed by atoms with Crippen molar-refractivity contribution in [3.8, 4) is 0 Å². The van der Waals surface area contributed by atoms with Crippen LogP contribution in [0.1, 0.15) is 42.0 Å². The van der Waals surface area contributed by atoms with Crippen LogP contribution in [0.2, 0.25) is 0 Å². The van der Waals surface area contributed by atoms with Crippen LogP contribution < -0.4 is 0 Å². The minimum absolute atomic E-state index is 0.123. The summed E-state index contributed by atoms with van der Waals surface area (Å²) in [5, 5.41) is 6.89. The highest BCUT2D eigenvalue weighted by Gasteiger charge is 2.50. The Labute approximate surface area is 188 Å². The van der Waals surface area contributed by atoms with E-state index in [9.17, 15) is 9.18 Å². The normalized spacial score (nSPS) is 24.9. The molecule has 1 saturated carbocycles. The highest BCUT2D eigenvalue weighted by molar-refractivity contribution is 5.80. The molecule has 5 rings (SSSR count). The molecule has 0 radical (unpaired) electrons. The molecule has 5 nitrogen and oxygen atoms in total. The molecule has 2 aromatic carbocycles. The van der Waals surface area contributed by atoms with Crippen LogP contribution in [-0.4, -0.2) is 46.9 Å². The fourth-order valence-electron chi connectivity index (χ4n) is 5.57. The van der Waals surface area contributed by atoms with Crippen molar-refractivity contribution in [1.29, 1.82) is 0 Å². The summed E-state index contributed by atoms with van der Waals surface area (Å²) < 4.78 is 14.2. The molecule has 3 atom stereocenters. The van der Waals surface area contributed by atoms with Crippen LogP contribution in [0, 0.1) is 30.5 Å². The second kappa shape index (κ2) is 9.82. The topological polar surface area (TPSA) is 60.9 Å². The van der Waals surface area contributed by atoms with Crippen LogP contribution in [0.5, 0.6) is 0 Å². The van der Waals surface area contributed by atoms with Crippen LogP contribution in [0.4, 0.5) is 4.39 Å². The van der Waals surface area contributed by atoms with Crippen LogP contribution in [0.25, 0.3) is 0 Å². The minimum Gasteiger partial charge on any atom is -0.483 e. The average Bonchev–Trinajstić information content (AvgIpc) is 3.27. The third kappa shape index (κ3) is 4.42. The number of amides is 1. The first-order valence-electron chi connectivity index (χ1n) is 11.4. The van der Waals surface area contributed by atoms with Crippen molar-refractivity contribution in [2.45, 2.75) is 38.8 Å². The van der Waals surface area contributed by atoms with Crippen molar-refractivity contribution in [3.05, 3.63) is 71.0 Å². The number of aryl methyl sites for hydroxylation is 1. The molecule has 3 fully saturated rings. The first kappa shape index (κ1) is 22.5. The molecule has 6 heteroatoms. The van der Waals surface area contributed by atoms with Gasteiger partial charge in [0, 0.05) is 43.6 Å². The fourth-order valence-corrected chi connectivity index (χ4v) is 5.57. The number of halogens is 1. The number of rotatable bonds is 4. The molecule has 2 aromatic rings. The molecule has 1 N–H and O–H groups in total. The number of benzene rings is 2. The highest BCUT2D eigenvalue weighted by atomic mass is 19.1. The van der Waals surface area contributed by atoms with Gasteiger partial charge in [-0.2, -0.15) is 0 Å². The first-order chi connectivity index (χ1) is 15.5. The van der Waals surface area contributed by atoms with Gasteiger partial charge < -0.3 is 10.0 Å². The molecule has 2 heterocycles. The molecule has 0 bridgehead atoms. The molecular formula is C26H31FN2O3. The van der Waals surface area contributed by atoms with Crippen molar-refractivity contribution in [3.63, 3.8) is 0 Å². The van der Waals surface area contributed by atoms with Crippen LogP contribution in [-0.2, 0) is 16.1 Å². The van der Waals surface area contributed by atoms with Crippen molar-refractivity contribution in [2.75, 3.05) is 19.6 Å². The van der Waals surface area contributed by atoms with Gasteiger partial charge in [0.25, 0.3) is 6.47 Å². The number of likely N-dealkylation sites (tertiary alicyclic amines) is 2. The number of carboxylic acid groups (broad SMARTS) is 1. The molecule has 3 aliphatic rings. The summed E-state index contributed by atoms with van der Waals surface area (Å²) in [7, 11) is 0. The predicted molar refractivity (Wildman–Crippen MR) is 120 cm³/mol. The Bertz CT molecular complexity index is 962. The summed E-state index contributed by atoms with van der Waals surface area (Å²) >= 11 is 0. The van der Waals surface area contributed by atoms with E-state index in [2.05, 4.69) is 41.0 Å². The lowest BCUT2D eigenvalue weighted by molar-refractivity contribution is -0.139. The Hall–Kier alpha value is -2.73. The van der Waals surface area contributed by atoms with Gasteiger partial charge in [-0.15, -0.1) is 0 Å². The van der Waals surface area contributed by atoms with E-state index in [0.29, 0.717) is 24.3 Å². The van der Waals surface area contributed by atoms with E-state index < -0.39 is 0 Å². The quantitative estimate of drug-likeness (QED) is 0.725. The molecule has 1 aliphatic carbocycles. The second-order valence-corrected chi connectivity index (χ2v) is 9.23. The van der Waals surface area contributed by atoms with Gasteiger partial charge in [-0.05, 0) is 42.9 Å². The van der Waals surface area contributed by atoms with Gasteiger partial charge in [0.15, 0.2) is 0 Å². The molecule has 0 unspecified atom stereocenters. The summed E-state index contributed by atoms with van der Waals surface area (Å²) in [5.74, 6) is 1.36. The maximum atomic E-state index is 14.2. The van der Waals surface area contributed by atoms with E-state index in [1.807, 2.05) is 12.1 Å². The van der Waals surface area contributed by atoms with Crippen molar-refractivity contribution >= 4 is 12.4 Å². The number of nitrogens with zero attached hydrogens (tertiary/aromatic N) is 2. The molecule has 2 aliphatic heterocycles. The molecule has 2 saturated heterocycles. The third-order valence-electron chi connectivity index (χ3n) is 7.34. The molecule has 170 valence electrons. The summed E-state index contributed by atoms with van der Waals surface area (Å²) in [6.45, 7) is 5.26. The molecule has 1 amide bonds. The summed E-state index contributed by atoms with van der Waals surface area (Å²) in [6.07, 6.45) is 3.28. The van der Waals surface area contributed by atoms with Gasteiger partial charge in [0.2, 0.25) is 5.91 Å². The zero-order valence-corrected chi connectivity index (χ0v) is 18.5. The SMILES string of the molecule is Cc1ccccc1[C@@H]1[C@H]2CN(Cc3ccccc3F)C[C@H]2CN1C(=O)C1CCC1.O=CO. The van der Waals surface area contributed by atoms with Crippen LogP contribution in [0.15, 0.2) is 48.5 Å². The Balaban J connectivity index is 0.000000775. The monoisotopic (exact) mass is 438 g/mol. The zero-order valence-electron chi connectivity index (χ0n) is 18.5. The van der Waals surface area contributed by atoms with E-state index in [0.717, 1.165) is 38.0 Å². The lowest BCUT2D eigenvalue weighted by atomic mass is 9.83. The second-order valence-electron chi connectivity index (χ2n) is 9.23. The van der Waals surface area contributed by atoms with Crippen molar-refractivity contribution in [2.24, 2.45) is 17.8 Å². The van der Waals surface area contributed by atoms with Gasteiger partial charge in [-0.3, -0.25) is 14.5 Å². The number of fused-ring (bicyclic) bond motifs is 1. The number of hydrogen-bond donors (Lipinski definition) is 1. The molecular weight excluding hydrogens is 407 g/mol. The van der Waals surface area contributed by atoms with Gasteiger partial charge in [0.05, 0.1) is 6.04 Å². The van der Waals surface area contributed by atoms with Crippen LogP contribution >= 0.6 is 0 Å². The minimum atomic E-state index is -0.250. The Morgan fingerprint density at radius 1 is 1.09 bits per heavy atom. The molecule has 0 spiro atoms. The van der Waals surface area contributed by atoms with Gasteiger partial charge >= 0.3 is 0 Å². The fraction of sp³-hybridized carbons (Fsp3) is 0.462. The lowest BCUT2D eigenvalue weighted by Crippen LogP contribution is -2.41. The van der Waals surface area contributed by atoms with Crippen molar-refractivity contribution in [1.82, 2.24) is 9.80 Å². The zero-order chi connectivity index (χ0) is 22.7. The Morgan fingerprint density at radius 3 is 2.44 bits per heavy atom. The number of carbonyl (C=O) groups is 2. The average molecular weight is 439 g/mol. The van der Waals surface area contributed by atoms with E-state index in [-0.39, 0.29) is 24.2 Å². The van der Waals surface area contributed by atoms with Gasteiger partial charge in [-0.1, -0.05) is 48.9 Å². The number of carbonyl (C=O) groups excluding carboxylic acids is 1. The van der Waals surface area contributed by atoms with Crippen molar-refractivity contribution < 1.29 is 19.1 Å². The van der Waals surface area contributed by atoms with E-state index in [1.54, 1.807) is 12.1 Å². The van der Waals surface area contributed by atoms with E-state index in [4.69, 9.17) is 9.90 Å². The van der Waals surface area contributed by atoms with Crippen LogP contribution in [0.3, 0.4) is 0 Å². The predicted octanol–water partition coefficient (Wildman–Crippen LogP) is 4.27. The third-order valence-corrected chi connectivity index (χ3v) is 7.34.